The normalized spacial score (nSPS) is 11.1. The third-order valence-electron chi connectivity index (χ3n) is 2.83. The number of rotatable bonds is 6. The standard InChI is InChI=1S/C12H17N3O4/c1-12(2,11(18)19)3-4-14-10(17)8-5-7(6-15-8)9(13)16/h5-6,15H,3-4H2,1-2H3,(H2,13,16)(H,14,17)(H,18,19). The first-order valence-electron chi connectivity index (χ1n) is 5.74. The van der Waals surface area contributed by atoms with Crippen LogP contribution in [0.25, 0.3) is 0 Å². The van der Waals surface area contributed by atoms with Crippen molar-refractivity contribution in [3.63, 3.8) is 0 Å². The van der Waals surface area contributed by atoms with E-state index in [1.165, 1.54) is 12.3 Å². The summed E-state index contributed by atoms with van der Waals surface area (Å²) >= 11 is 0. The van der Waals surface area contributed by atoms with E-state index in [1.807, 2.05) is 0 Å². The summed E-state index contributed by atoms with van der Waals surface area (Å²) in [5.41, 5.74) is 4.59. The van der Waals surface area contributed by atoms with Gasteiger partial charge in [-0.2, -0.15) is 0 Å². The average Bonchev–Trinajstić information content (AvgIpc) is 2.77. The first-order chi connectivity index (χ1) is 8.74. The molecular weight excluding hydrogens is 250 g/mol. The molecule has 0 spiro atoms. The molecule has 0 fully saturated rings. The summed E-state index contributed by atoms with van der Waals surface area (Å²) < 4.78 is 0. The van der Waals surface area contributed by atoms with Crippen molar-refractivity contribution >= 4 is 17.8 Å². The minimum atomic E-state index is -0.919. The second-order valence-electron chi connectivity index (χ2n) is 4.86. The lowest BCUT2D eigenvalue weighted by Crippen LogP contribution is -2.32. The number of H-pyrrole nitrogens is 1. The number of carboxylic acid groups (broad SMARTS) is 1. The van der Waals surface area contributed by atoms with Gasteiger partial charge in [0.05, 0.1) is 11.0 Å². The number of hydrogen-bond acceptors (Lipinski definition) is 3. The lowest BCUT2D eigenvalue weighted by molar-refractivity contribution is -0.147. The van der Waals surface area contributed by atoms with Crippen LogP contribution in [0.1, 0.15) is 41.1 Å². The molecule has 7 nitrogen and oxygen atoms in total. The number of nitrogens with two attached hydrogens (primary N) is 1. The molecule has 0 bridgehead atoms. The van der Waals surface area contributed by atoms with Gasteiger partial charge in [-0.25, -0.2) is 0 Å². The van der Waals surface area contributed by atoms with E-state index < -0.39 is 23.2 Å². The summed E-state index contributed by atoms with van der Waals surface area (Å²) in [6.07, 6.45) is 1.65. The molecule has 1 aromatic rings. The van der Waals surface area contributed by atoms with Gasteiger partial charge in [0.1, 0.15) is 5.69 Å². The number of aliphatic carboxylic acids is 1. The van der Waals surface area contributed by atoms with Gasteiger partial charge in [0.2, 0.25) is 5.91 Å². The summed E-state index contributed by atoms with van der Waals surface area (Å²) in [4.78, 5) is 36.1. The van der Waals surface area contributed by atoms with Gasteiger partial charge in [0.15, 0.2) is 0 Å². The number of carbonyl (C=O) groups is 3. The highest BCUT2D eigenvalue weighted by atomic mass is 16.4. The largest absolute Gasteiger partial charge is 0.481 e. The predicted molar refractivity (Wildman–Crippen MR) is 67.7 cm³/mol. The molecule has 1 aromatic heterocycles. The Morgan fingerprint density at radius 2 is 2.05 bits per heavy atom. The van der Waals surface area contributed by atoms with E-state index in [4.69, 9.17) is 10.8 Å². The minimum absolute atomic E-state index is 0.210. The van der Waals surface area contributed by atoms with E-state index in [0.29, 0.717) is 6.42 Å². The van der Waals surface area contributed by atoms with Crippen molar-refractivity contribution in [2.45, 2.75) is 20.3 Å². The first kappa shape index (κ1) is 14.7. The van der Waals surface area contributed by atoms with Crippen LogP contribution in [0.3, 0.4) is 0 Å². The van der Waals surface area contributed by atoms with Crippen LogP contribution >= 0.6 is 0 Å². The number of hydrogen-bond donors (Lipinski definition) is 4. The molecule has 0 aliphatic rings. The zero-order valence-electron chi connectivity index (χ0n) is 10.8. The van der Waals surface area contributed by atoms with E-state index in [0.717, 1.165) is 0 Å². The van der Waals surface area contributed by atoms with Crippen LogP contribution in [0.5, 0.6) is 0 Å². The molecular formula is C12H17N3O4. The minimum Gasteiger partial charge on any atom is -0.481 e. The van der Waals surface area contributed by atoms with Gasteiger partial charge in [-0.3, -0.25) is 14.4 Å². The van der Waals surface area contributed by atoms with Crippen LogP contribution in [0.15, 0.2) is 12.3 Å². The SMILES string of the molecule is CC(C)(CCNC(=O)c1cc(C(N)=O)c[nH]1)C(=O)O. The van der Waals surface area contributed by atoms with Crippen LogP contribution in [-0.2, 0) is 4.79 Å². The fraction of sp³-hybridized carbons (Fsp3) is 0.417. The molecule has 0 aliphatic heterocycles. The molecule has 0 unspecified atom stereocenters. The van der Waals surface area contributed by atoms with Gasteiger partial charge >= 0.3 is 5.97 Å². The molecule has 19 heavy (non-hydrogen) atoms. The zero-order valence-corrected chi connectivity index (χ0v) is 10.8. The summed E-state index contributed by atoms with van der Waals surface area (Å²) in [6.45, 7) is 3.39. The van der Waals surface area contributed by atoms with Crippen molar-refractivity contribution in [1.29, 1.82) is 0 Å². The predicted octanol–water partition coefficient (Wildman–Crippen LogP) is 0.344. The third kappa shape index (κ3) is 3.84. The molecule has 0 aromatic carbocycles. The van der Waals surface area contributed by atoms with Gasteiger partial charge in [-0.1, -0.05) is 0 Å². The van der Waals surface area contributed by atoms with E-state index >= 15 is 0 Å². The molecule has 0 atom stereocenters. The summed E-state index contributed by atoms with van der Waals surface area (Å²) in [5, 5.41) is 11.5. The van der Waals surface area contributed by atoms with Crippen LogP contribution in [-0.4, -0.2) is 34.4 Å². The highest BCUT2D eigenvalue weighted by Gasteiger charge is 2.26. The van der Waals surface area contributed by atoms with Gasteiger partial charge in [-0.05, 0) is 26.3 Å². The van der Waals surface area contributed by atoms with Gasteiger partial charge < -0.3 is 21.1 Å². The maximum Gasteiger partial charge on any atom is 0.309 e. The van der Waals surface area contributed by atoms with Gasteiger partial charge in [0.25, 0.3) is 5.91 Å². The van der Waals surface area contributed by atoms with Crippen molar-refractivity contribution in [2.24, 2.45) is 11.1 Å². The molecule has 5 N–H and O–H groups in total. The second kappa shape index (κ2) is 5.55. The zero-order chi connectivity index (χ0) is 14.6. The number of carboxylic acids is 1. The Hall–Kier alpha value is -2.31. The van der Waals surface area contributed by atoms with Crippen LogP contribution < -0.4 is 11.1 Å². The highest BCUT2D eigenvalue weighted by molar-refractivity contribution is 5.98. The fourth-order valence-electron chi connectivity index (χ4n) is 1.36. The van der Waals surface area contributed by atoms with E-state index in [2.05, 4.69) is 10.3 Å². The Morgan fingerprint density at radius 1 is 1.42 bits per heavy atom. The monoisotopic (exact) mass is 267 g/mol. The number of amides is 2. The highest BCUT2D eigenvalue weighted by Crippen LogP contribution is 2.19. The van der Waals surface area contributed by atoms with Crippen LogP contribution in [0.2, 0.25) is 0 Å². The number of nitrogens with one attached hydrogen (secondary N) is 2. The van der Waals surface area contributed by atoms with Crippen LogP contribution in [0, 0.1) is 5.41 Å². The molecule has 0 radical (unpaired) electrons. The first-order valence-corrected chi connectivity index (χ1v) is 5.74. The second-order valence-corrected chi connectivity index (χ2v) is 4.86. The van der Waals surface area contributed by atoms with Gasteiger partial charge in [-0.15, -0.1) is 0 Å². The Bertz CT molecular complexity index is 505. The number of primary amides is 1. The number of aromatic amines is 1. The molecule has 2 amide bonds. The van der Waals surface area contributed by atoms with Gasteiger partial charge in [0, 0.05) is 12.7 Å². The summed E-state index contributed by atoms with van der Waals surface area (Å²) in [6, 6.07) is 1.35. The Kier molecular flexibility index (Phi) is 4.31. The lowest BCUT2D eigenvalue weighted by atomic mass is 9.90. The third-order valence-corrected chi connectivity index (χ3v) is 2.83. The topological polar surface area (TPSA) is 125 Å². The Morgan fingerprint density at radius 3 is 2.53 bits per heavy atom. The number of carbonyl (C=O) groups excluding carboxylic acids is 2. The maximum absolute atomic E-state index is 11.7. The van der Waals surface area contributed by atoms with Crippen molar-refractivity contribution in [2.75, 3.05) is 6.54 Å². The van der Waals surface area contributed by atoms with Crippen LogP contribution in [0.4, 0.5) is 0 Å². The smallest absolute Gasteiger partial charge is 0.309 e. The molecule has 1 rings (SSSR count). The Balaban J connectivity index is 2.52. The quantitative estimate of drug-likeness (QED) is 0.593. The molecule has 1 heterocycles. The maximum atomic E-state index is 11.7. The molecule has 7 heteroatoms. The summed E-state index contributed by atoms with van der Waals surface area (Å²) in [7, 11) is 0. The van der Waals surface area contributed by atoms with Crippen molar-refractivity contribution in [1.82, 2.24) is 10.3 Å². The lowest BCUT2D eigenvalue weighted by Gasteiger charge is -2.18. The van der Waals surface area contributed by atoms with E-state index in [9.17, 15) is 14.4 Å². The van der Waals surface area contributed by atoms with E-state index in [1.54, 1.807) is 13.8 Å². The van der Waals surface area contributed by atoms with Crippen molar-refractivity contribution in [3.8, 4) is 0 Å². The van der Waals surface area contributed by atoms with Crippen molar-refractivity contribution in [3.05, 3.63) is 23.5 Å². The molecule has 0 saturated carbocycles. The Labute approximate surface area is 110 Å². The number of aromatic nitrogens is 1. The van der Waals surface area contributed by atoms with Crippen molar-refractivity contribution < 1.29 is 19.5 Å². The average molecular weight is 267 g/mol. The molecule has 0 aliphatic carbocycles. The molecule has 104 valence electrons. The molecule has 0 saturated heterocycles. The summed E-state index contributed by atoms with van der Waals surface area (Å²) in [5.74, 6) is -1.95. The van der Waals surface area contributed by atoms with E-state index in [-0.39, 0.29) is 17.8 Å². The fourth-order valence-corrected chi connectivity index (χ4v) is 1.36.